The molecule has 0 spiro atoms. The molecular weight excluding hydrogens is 123 g/mol. The Hall–Kier alpha value is -0.0600. The smallest absolute Gasteiger partial charge is 0.299 e. The number of rotatable bonds is 1. The Labute approximate surface area is 39.7 Å². The maximum absolute atomic E-state index is 9.42. The summed E-state index contributed by atoms with van der Waals surface area (Å²) in [5, 5.41) is 23.0. The van der Waals surface area contributed by atoms with E-state index in [0.717, 1.165) is 0 Å². The van der Waals surface area contributed by atoms with E-state index in [1.807, 2.05) is 0 Å². The van der Waals surface area contributed by atoms with Gasteiger partial charge in [-0.2, -0.15) is 4.89 Å². The van der Waals surface area contributed by atoms with Crippen molar-refractivity contribution in [2.45, 2.75) is 5.71 Å². The largest absolute Gasteiger partial charge is 0.607 e. The molecule has 0 rings (SSSR count). The van der Waals surface area contributed by atoms with Crippen molar-refractivity contribution in [2.24, 2.45) is 0 Å². The second-order valence-corrected chi connectivity index (χ2v) is 2.02. The fourth-order valence-corrected chi connectivity index (χ4v) is 0. The van der Waals surface area contributed by atoms with Gasteiger partial charge in [0.05, 0.1) is 0 Å². The van der Waals surface area contributed by atoms with Gasteiger partial charge in [-0.3, -0.25) is 15.3 Å². The third-order valence-corrected chi connectivity index (χ3v) is 0.770. The fraction of sp³-hybridized carbons (Fsp3) is 1.00. The van der Waals surface area contributed by atoms with Gasteiger partial charge in [-0.1, -0.05) is 0 Å². The van der Waals surface area contributed by atoms with Crippen molar-refractivity contribution in [1.29, 1.82) is 0 Å². The van der Waals surface area contributed by atoms with E-state index in [4.69, 9.17) is 20.2 Å². The minimum atomic E-state index is -3.44. The summed E-state index contributed by atoms with van der Waals surface area (Å²) >= 11 is 0. The Morgan fingerprint density at radius 3 is 1.43 bits per heavy atom. The molecule has 4 N–H and O–H groups in total. The molecule has 0 heterocycles. The van der Waals surface area contributed by atoms with Crippen molar-refractivity contribution in [1.82, 2.24) is 0 Å². The minimum absolute atomic E-state index is 3.32. The molecule has 0 aliphatic heterocycles. The van der Waals surface area contributed by atoms with Gasteiger partial charge < -0.3 is 0 Å². The maximum Gasteiger partial charge on any atom is 0.607 e. The minimum Gasteiger partial charge on any atom is -0.299 e. The van der Waals surface area contributed by atoms with Gasteiger partial charge in [0.25, 0.3) is 0 Å². The van der Waals surface area contributed by atoms with Crippen molar-refractivity contribution >= 4 is 8.03 Å². The third kappa shape index (κ3) is 2.61. The standard InChI is InChI=1S/CH3O5P/c2-1(3,4)7(5)6/h2-4H/p+1. The van der Waals surface area contributed by atoms with Crippen LogP contribution in [0.2, 0.25) is 0 Å². The van der Waals surface area contributed by atoms with Gasteiger partial charge in [0.1, 0.15) is 0 Å². The van der Waals surface area contributed by atoms with E-state index in [2.05, 4.69) is 0 Å². The average Bonchev–Trinajstić information content (AvgIpc) is 1.31. The third-order valence-electron chi connectivity index (χ3n) is 0.257. The van der Waals surface area contributed by atoms with Crippen molar-refractivity contribution in [2.75, 3.05) is 0 Å². The maximum atomic E-state index is 9.42. The zero-order valence-corrected chi connectivity index (χ0v) is 4.04. The lowest BCUT2D eigenvalue weighted by Crippen LogP contribution is -2.20. The molecule has 0 aliphatic rings. The van der Waals surface area contributed by atoms with E-state index in [9.17, 15) is 4.57 Å². The molecule has 0 fully saturated rings. The predicted octanol–water partition coefficient (Wildman–Crippen LogP) is -1.69. The summed E-state index contributed by atoms with van der Waals surface area (Å²) in [5.74, 6) is 0. The van der Waals surface area contributed by atoms with E-state index in [1.54, 1.807) is 0 Å². The van der Waals surface area contributed by atoms with Crippen LogP contribution in [0, 0.1) is 0 Å². The second-order valence-electron chi connectivity index (χ2n) is 0.873. The first kappa shape index (κ1) is 6.94. The summed E-state index contributed by atoms with van der Waals surface area (Å²) in [5.41, 5.74) is -3.44. The van der Waals surface area contributed by atoms with Gasteiger partial charge >= 0.3 is 13.7 Å². The first-order valence-electron chi connectivity index (χ1n) is 1.28. The van der Waals surface area contributed by atoms with Crippen LogP contribution in [0.5, 0.6) is 0 Å². The highest BCUT2D eigenvalue weighted by Crippen LogP contribution is 2.25. The van der Waals surface area contributed by atoms with Crippen LogP contribution in [0.25, 0.3) is 0 Å². The molecule has 1 atom stereocenters. The van der Waals surface area contributed by atoms with Crippen molar-refractivity contribution in [3.63, 3.8) is 0 Å². The normalized spacial score (nSPS) is 14.0. The SMILES string of the molecule is O=[P+](O)C(O)(O)O. The lowest BCUT2D eigenvalue weighted by molar-refractivity contribution is -0.245. The van der Waals surface area contributed by atoms with Crippen LogP contribution in [0.15, 0.2) is 0 Å². The Kier molecular flexibility index (Phi) is 1.80. The van der Waals surface area contributed by atoms with Crippen LogP contribution >= 0.6 is 8.03 Å². The fourth-order valence-electron chi connectivity index (χ4n) is 0. The van der Waals surface area contributed by atoms with Gasteiger partial charge in [0.15, 0.2) is 0 Å². The zero-order chi connectivity index (χ0) is 6.08. The highest BCUT2D eigenvalue weighted by molar-refractivity contribution is 7.39. The van der Waals surface area contributed by atoms with E-state index in [1.165, 1.54) is 0 Å². The summed E-state index contributed by atoms with van der Waals surface area (Å²) < 4.78 is 9.42. The molecule has 6 heteroatoms. The van der Waals surface area contributed by atoms with Gasteiger partial charge in [-0.15, -0.1) is 0 Å². The molecule has 7 heavy (non-hydrogen) atoms. The van der Waals surface area contributed by atoms with Crippen molar-refractivity contribution in [3.8, 4) is 0 Å². The number of hydrogen-bond acceptors (Lipinski definition) is 4. The van der Waals surface area contributed by atoms with Crippen molar-refractivity contribution < 1.29 is 24.8 Å². The quantitative estimate of drug-likeness (QED) is 0.249. The van der Waals surface area contributed by atoms with Gasteiger partial charge in [0, 0.05) is 0 Å². The van der Waals surface area contributed by atoms with Crippen molar-refractivity contribution in [3.05, 3.63) is 0 Å². The first-order chi connectivity index (χ1) is 2.94. The topological polar surface area (TPSA) is 98.0 Å². The molecule has 0 aromatic rings. The van der Waals surface area contributed by atoms with E-state index >= 15 is 0 Å². The molecule has 0 saturated carbocycles. The van der Waals surface area contributed by atoms with Gasteiger partial charge in [0.2, 0.25) is 0 Å². The molecular formula is CH4O5P+. The Bertz CT molecular complexity index is 80.6. The molecule has 1 unspecified atom stereocenters. The Morgan fingerprint density at radius 1 is 1.29 bits per heavy atom. The number of aliphatic hydroxyl groups is 3. The lowest BCUT2D eigenvalue weighted by atomic mass is 11.3. The van der Waals surface area contributed by atoms with E-state index in [-0.39, 0.29) is 0 Å². The van der Waals surface area contributed by atoms with Gasteiger partial charge in [-0.25, -0.2) is 0 Å². The number of hydrogen-bond donors (Lipinski definition) is 4. The molecule has 0 aliphatic carbocycles. The van der Waals surface area contributed by atoms with Crippen LogP contribution in [-0.2, 0) is 4.57 Å². The highest BCUT2D eigenvalue weighted by Gasteiger charge is 2.43. The summed E-state index contributed by atoms with van der Waals surface area (Å²) in [6.45, 7) is 0. The van der Waals surface area contributed by atoms with Crippen LogP contribution in [0.3, 0.4) is 0 Å². The summed E-state index contributed by atoms with van der Waals surface area (Å²) in [7, 11) is -3.32. The summed E-state index contributed by atoms with van der Waals surface area (Å²) in [4.78, 5) is 7.65. The van der Waals surface area contributed by atoms with Crippen LogP contribution in [-0.4, -0.2) is 25.9 Å². The van der Waals surface area contributed by atoms with Crippen LogP contribution < -0.4 is 0 Å². The van der Waals surface area contributed by atoms with E-state index in [0.29, 0.717) is 0 Å². The zero-order valence-electron chi connectivity index (χ0n) is 3.14. The van der Waals surface area contributed by atoms with Crippen LogP contribution in [0.4, 0.5) is 0 Å². The molecule has 0 aromatic heterocycles. The van der Waals surface area contributed by atoms with Gasteiger partial charge in [-0.05, 0) is 4.57 Å². The molecule has 5 nitrogen and oxygen atoms in total. The van der Waals surface area contributed by atoms with Crippen LogP contribution in [0.1, 0.15) is 0 Å². The monoisotopic (exact) mass is 127 g/mol. The summed E-state index contributed by atoms with van der Waals surface area (Å²) in [6, 6.07) is 0. The molecule has 0 radical (unpaired) electrons. The molecule has 0 saturated heterocycles. The lowest BCUT2D eigenvalue weighted by Gasteiger charge is -1.92. The Morgan fingerprint density at radius 2 is 1.43 bits per heavy atom. The predicted molar refractivity (Wildman–Crippen MR) is 19.2 cm³/mol. The highest BCUT2D eigenvalue weighted by atomic mass is 31.1. The Balaban J connectivity index is 3.79. The molecule has 0 bridgehead atoms. The molecule has 0 aromatic carbocycles. The molecule has 42 valence electrons. The van der Waals surface area contributed by atoms with E-state index < -0.39 is 13.7 Å². The summed E-state index contributed by atoms with van der Waals surface area (Å²) in [6.07, 6.45) is 0. The average molecular weight is 127 g/mol. The second kappa shape index (κ2) is 1.81. The first-order valence-corrected chi connectivity index (χ1v) is 2.49. The molecule has 0 amide bonds.